The maximum Gasteiger partial charge on any atom is 0.0579 e. The zero-order valence-corrected chi connectivity index (χ0v) is 12.4. The van der Waals surface area contributed by atoms with Crippen LogP contribution in [0.1, 0.15) is 0 Å². The largest absolute Gasteiger partial charge is 0.396 e. The SMILES string of the molecule is OCC1(CN2CCN(c3ccc(Cl)cc3)CC2)COC1. The van der Waals surface area contributed by atoms with Crippen molar-refractivity contribution in [3.05, 3.63) is 29.3 Å². The van der Waals surface area contributed by atoms with E-state index >= 15 is 0 Å². The molecule has 20 heavy (non-hydrogen) atoms. The second-order valence-corrected chi connectivity index (χ2v) is 6.33. The molecule has 0 aliphatic carbocycles. The molecule has 2 heterocycles. The summed E-state index contributed by atoms with van der Waals surface area (Å²) in [6, 6.07) is 8.03. The summed E-state index contributed by atoms with van der Waals surface area (Å²) in [6.45, 7) is 6.66. The average molecular weight is 297 g/mol. The van der Waals surface area contributed by atoms with E-state index in [0.29, 0.717) is 13.2 Å². The number of aliphatic hydroxyl groups excluding tert-OH is 1. The molecule has 4 nitrogen and oxygen atoms in total. The van der Waals surface area contributed by atoms with Crippen molar-refractivity contribution in [2.24, 2.45) is 5.41 Å². The number of halogens is 1. The molecule has 2 aliphatic heterocycles. The van der Waals surface area contributed by atoms with E-state index < -0.39 is 0 Å². The van der Waals surface area contributed by atoms with Crippen LogP contribution in [0, 0.1) is 5.41 Å². The highest BCUT2D eigenvalue weighted by Crippen LogP contribution is 2.28. The lowest BCUT2D eigenvalue weighted by molar-refractivity contribution is -0.148. The average Bonchev–Trinajstić information content (AvgIpc) is 2.45. The number of ether oxygens (including phenoxy) is 1. The molecule has 0 radical (unpaired) electrons. The Morgan fingerprint density at radius 3 is 2.25 bits per heavy atom. The van der Waals surface area contributed by atoms with Gasteiger partial charge >= 0.3 is 0 Å². The van der Waals surface area contributed by atoms with Gasteiger partial charge in [0.25, 0.3) is 0 Å². The predicted molar refractivity (Wildman–Crippen MR) is 80.4 cm³/mol. The van der Waals surface area contributed by atoms with Crippen molar-refractivity contribution in [3.63, 3.8) is 0 Å². The van der Waals surface area contributed by atoms with Gasteiger partial charge in [-0.1, -0.05) is 11.6 Å². The zero-order valence-electron chi connectivity index (χ0n) is 11.6. The van der Waals surface area contributed by atoms with Crippen molar-refractivity contribution in [1.82, 2.24) is 4.90 Å². The molecular weight excluding hydrogens is 276 g/mol. The Kier molecular flexibility index (Phi) is 4.17. The molecule has 0 spiro atoms. The molecule has 0 aromatic heterocycles. The van der Waals surface area contributed by atoms with Crippen molar-refractivity contribution in [1.29, 1.82) is 0 Å². The molecular formula is C15H21ClN2O2. The molecule has 2 aliphatic rings. The van der Waals surface area contributed by atoms with Crippen molar-refractivity contribution in [2.45, 2.75) is 0 Å². The smallest absolute Gasteiger partial charge is 0.0579 e. The molecule has 3 rings (SSSR count). The van der Waals surface area contributed by atoms with Crippen molar-refractivity contribution in [2.75, 3.05) is 57.4 Å². The van der Waals surface area contributed by atoms with Crippen LogP contribution in [0.15, 0.2) is 24.3 Å². The Hall–Kier alpha value is -0.810. The first-order chi connectivity index (χ1) is 9.71. The first-order valence-corrected chi connectivity index (χ1v) is 7.50. The fourth-order valence-electron chi connectivity index (χ4n) is 2.91. The Morgan fingerprint density at radius 2 is 1.75 bits per heavy atom. The third kappa shape index (κ3) is 2.93. The summed E-state index contributed by atoms with van der Waals surface area (Å²) in [7, 11) is 0. The van der Waals surface area contributed by atoms with Crippen LogP contribution in [0.4, 0.5) is 5.69 Å². The van der Waals surface area contributed by atoms with Crippen LogP contribution in [0.25, 0.3) is 0 Å². The van der Waals surface area contributed by atoms with Crippen LogP contribution in [0.2, 0.25) is 5.02 Å². The molecule has 0 bridgehead atoms. The van der Waals surface area contributed by atoms with E-state index in [1.807, 2.05) is 12.1 Å². The highest BCUT2D eigenvalue weighted by Gasteiger charge is 2.40. The number of aliphatic hydroxyl groups is 1. The first-order valence-electron chi connectivity index (χ1n) is 7.12. The lowest BCUT2D eigenvalue weighted by atomic mass is 9.86. The number of anilines is 1. The summed E-state index contributed by atoms with van der Waals surface area (Å²) in [6.07, 6.45) is 0. The lowest BCUT2D eigenvalue weighted by Gasteiger charge is -2.45. The minimum atomic E-state index is -0.0115. The summed E-state index contributed by atoms with van der Waals surface area (Å²) in [5.74, 6) is 0. The molecule has 0 unspecified atom stereocenters. The Balaban J connectivity index is 1.53. The second-order valence-electron chi connectivity index (χ2n) is 5.89. The Morgan fingerprint density at radius 1 is 1.10 bits per heavy atom. The van der Waals surface area contributed by atoms with E-state index in [2.05, 4.69) is 21.9 Å². The van der Waals surface area contributed by atoms with Crippen LogP contribution in [-0.4, -0.2) is 62.6 Å². The number of piperazine rings is 1. The van der Waals surface area contributed by atoms with Gasteiger partial charge in [-0.05, 0) is 24.3 Å². The van der Waals surface area contributed by atoms with E-state index in [4.69, 9.17) is 16.3 Å². The summed E-state index contributed by atoms with van der Waals surface area (Å²) >= 11 is 5.92. The normalized spacial score (nSPS) is 22.6. The summed E-state index contributed by atoms with van der Waals surface area (Å²) in [5, 5.41) is 10.3. The van der Waals surface area contributed by atoms with Gasteiger partial charge in [0.2, 0.25) is 0 Å². The number of hydrogen-bond donors (Lipinski definition) is 1. The third-order valence-electron chi connectivity index (χ3n) is 4.27. The number of benzene rings is 1. The van der Waals surface area contributed by atoms with Crippen LogP contribution in [0.3, 0.4) is 0 Å². The van der Waals surface area contributed by atoms with Crippen LogP contribution >= 0.6 is 11.6 Å². The topological polar surface area (TPSA) is 35.9 Å². The van der Waals surface area contributed by atoms with Crippen LogP contribution in [-0.2, 0) is 4.74 Å². The van der Waals surface area contributed by atoms with Crippen molar-refractivity contribution >= 4 is 17.3 Å². The van der Waals surface area contributed by atoms with E-state index in [-0.39, 0.29) is 12.0 Å². The third-order valence-corrected chi connectivity index (χ3v) is 4.53. The minimum absolute atomic E-state index is 0.0115. The maximum atomic E-state index is 9.49. The van der Waals surface area contributed by atoms with E-state index in [0.717, 1.165) is 37.7 Å². The molecule has 110 valence electrons. The molecule has 0 amide bonds. The van der Waals surface area contributed by atoms with Gasteiger partial charge in [-0.2, -0.15) is 0 Å². The van der Waals surface area contributed by atoms with Crippen molar-refractivity contribution in [3.8, 4) is 0 Å². The van der Waals surface area contributed by atoms with Gasteiger partial charge in [0.05, 0.1) is 25.2 Å². The molecule has 0 atom stereocenters. The molecule has 5 heteroatoms. The van der Waals surface area contributed by atoms with Gasteiger partial charge in [0, 0.05) is 43.4 Å². The summed E-state index contributed by atoms with van der Waals surface area (Å²) in [5.41, 5.74) is 1.22. The van der Waals surface area contributed by atoms with E-state index in [1.165, 1.54) is 5.69 Å². The van der Waals surface area contributed by atoms with Gasteiger partial charge in [-0.25, -0.2) is 0 Å². The highest BCUT2D eigenvalue weighted by molar-refractivity contribution is 6.30. The highest BCUT2D eigenvalue weighted by atomic mass is 35.5. The van der Waals surface area contributed by atoms with Gasteiger partial charge < -0.3 is 14.7 Å². The Labute approximate surface area is 124 Å². The summed E-state index contributed by atoms with van der Waals surface area (Å²) < 4.78 is 5.26. The molecule has 2 saturated heterocycles. The van der Waals surface area contributed by atoms with Crippen LogP contribution in [0.5, 0.6) is 0 Å². The second kappa shape index (κ2) is 5.90. The summed E-state index contributed by atoms with van der Waals surface area (Å²) in [4.78, 5) is 4.82. The fraction of sp³-hybridized carbons (Fsp3) is 0.600. The molecule has 1 aromatic carbocycles. The van der Waals surface area contributed by atoms with Gasteiger partial charge in [0.1, 0.15) is 0 Å². The molecule has 1 N–H and O–H groups in total. The standard InChI is InChI=1S/C15H21ClN2O2/c16-13-1-3-14(4-2-13)18-7-5-17(6-8-18)9-15(10-19)11-20-12-15/h1-4,19H,5-12H2. The van der Waals surface area contributed by atoms with Crippen LogP contribution < -0.4 is 4.90 Å². The van der Waals surface area contributed by atoms with Gasteiger partial charge in [0.15, 0.2) is 0 Å². The lowest BCUT2D eigenvalue weighted by Crippen LogP contribution is -2.57. The number of rotatable bonds is 4. The van der Waals surface area contributed by atoms with E-state index in [1.54, 1.807) is 0 Å². The van der Waals surface area contributed by atoms with E-state index in [9.17, 15) is 5.11 Å². The molecule has 1 aromatic rings. The Bertz CT molecular complexity index is 434. The fourth-order valence-corrected chi connectivity index (χ4v) is 3.04. The molecule has 0 saturated carbocycles. The van der Waals surface area contributed by atoms with Gasteiger partial charge in [-0.15, -0.1) is 0 Å². The first kappa shape index (κ1) is 14.1. The van der Waals surface area contributed by atoms with Gasteiger partial charge in [-0.3, -0.25) is 4.90 Å². The zero-order chi connectivity index (χ0) is 14.0. The predicted octanol–water partition coefficient (Wildman–Crippen LogP) is 1.47. The number of hydrogen-bond acceptors (Lipinski definition) is 4. The minimum Gasteiger partial charge on any atom is -0.396 e. The molecule has 2 fully saturated rings. The monoisotopic (exact) mass is 296 g/mol. The number of nitrogens with zero attached hydrogens (tertiary/aromatic N) is 2. The quantitative estimate of drug-likeness (QED) is 0.913. The maximum absolute atomic E-state index is 9.49. The van der Waals surface area contributed by atoms with Crippen molar-refractivity contribution < 1.29 is 9.84 Å².